The predicted octanol–water partition coefficient (Wildman–Crippen LogP) is 1.08. The second kappa shape index (κ2) is 6.90. The minimum atomic E-state index is -1.16. The summed E-state index contributed by atoms with van der Waals surface area (Å²) in [6.07, 6.45) is 1.44. The molecule has 1 saturated heterocycles. The van der Waals surface area contributed by atoms with Crippen molar-refractivity contribution in [2.75, 3.05) is 31.2 Å². The molecule has 1 fully saturated rings. The molecular weight excluding hydrogens is 272 g/mol. The zero-order valence-corrected chi connectivity index (χ0v) is 11.8. The molecule has 1 aliphatic heterocycles. The Morgan fingerprint density at radius 2 is 1.86 bits per heavy atom. The number of hydrogen-bond acceptors (Lipinski definition) is 4. The molecule has 1 aromatic carbocycles. The second-order valence-corrected chi connectivity index (χ2v) is 4.74. The van der Waals surface area contributed by atoms with E-state index in [4.69, 9.17) is 9.84 Å². The number of rotatable bonds is 4. The van der Waals surface area contributed by atoms with Gasteiger partial charge in [-0.2, -0.15) is 0 Å². The zero-order valence-electron chi connectivity index (χ0n) is 11.8. The van der Waals surface area contributed by atoms with Gasteiger partial charge < -0.3 is 20.1 Å². The van der Waals surface area contributed by atoms with E-state index < -0.39 is 11.9 Å². The van der Waals surface area contributed by atoms with Crippen LogP contribution in [0.15, 0.2) is 30.0 Å². The van der Waals surface area contributed by atoms with Crippen LogP contribution in [0, 0.1) is 0 Å². The Kier molecular flexibility index (Phi) is 4.94. The van der Waals surface area contributed by atoms with Crippen LogP contribution in [0.2, 0.25) is 0 Å². The largest absolute Gasteiger partial charge is 0.477 e. The first-order valence-corrected chi connectivity index (χ1v) is 6.71. The highest BCUT2D eigenvalue weighted by Gasteiger charge is 2.11. The lowest BCUT2D eigenvalue weighted by Crippen LogP contribution is -2.36. The number of morpholine rings is 1. The van der Waals surface area contributed by atoms with Gasteiger partial charge in [-0.25, -0.2) is 4.79 Å². The molecular formula is C15H18N2O4. The number of nitrogens with zero attached hydrogens (tertiary/aromatic N) is 1. The Labute approximate surface area is 123 Å². The first kappa shape index (κ1) is 15.1. The molecule has 0 spiro atoms. The number of aliphatic carboxylic acids is 1. The Balaban J connectivity index is 2.13. The fourth-order valence-corrected chi connectivity index (χ4v) is 2.11. The maximum Gasteiger partial charge on any atom is 0.352 e. The van der Waals surface area contributed by atoms with Crippen LogP contribution in [0.1, 0.15) is 12.5 Å². The monoisotopic (exact) mass is 290 g/mol. The number of anilines is 1. The lowest BCUT2D eigenvalue weighted by Gasteiger charge is -2.28. The van der Waals surface area contributed by atoms with Crippen molar-refractivity contribution in [3.8, 4) is 0 Å². The van der Waals surface area contributed by atoms with Crippen LogP contribution >= 0.6 is 0 Å². The van der Waals surface area contributed by atoms with Gasteiger partial charge in [0.25, 0.3) is 0 Å². The van der Waals surface area contributed by atoms with Gasteiger partial charge in [0, 0.05) is 25.7 Å². The Bertz CT molecular complexity index is 545. The zero-order chi connectivity index (χ0) is 15.2. The highest BCUT2D eigenvalue weighted by Crippen LogP contribution is 2.17. The van der Waals surface area contributed by atoms with Gasteiger partial charge in [-0.3, -0.25) is 4.79 Å². The summed E-state index contributed by atoms with van der Waals surface area (Å²) >= 11 is 0. The summed E-state index contributed by atoms with van der Waals surface area (Å²) < 4.78 is 5.30. The van der Waals surface area contributed by atoms with E-state index >= 15 is 0 Å². The molecule has 0 unspecified atom stereocenters. The van der Waals surface area contributed by atoms with E-state index in [1.807, 2.05) is 24.3 Å². The number of carboxylic acid groups (broad SMARTS) is 1. The van der Waals surface area contributed by atoms with Gasteiger partial charge in [-0.15, -0.1) is 0 Å². The molecule has 0 aliphatic carbocycles. The van der Waals surface area contributed by atoms with Crippen molar-refractivity contribution in [3.63, 3.8) is 0 Å². The summed E-state index contributed by atoms with van der Waals surface area (Å²) in [6, 6.07) is 7.53. The molecule has 0 atom stereocenters. The normalized spacial score (nSPS) is 15.7. The average Bonchev–Trinajstić information content (AvgIpc) is 2.48. The fraction of sp³-hybridized carbons (Fsp3) is 0.333. The van der Waals surface area contributed by atoms with Crippen LogP contribution in [-0.4, -0.2) is 43.3 Å². The van der Waals surface area contributed by atoms with Crippen molar-refractivity contribution in [3.05, 3.63) is 35.5 Å². The van der Waals surface area contributed by atoms with Gasteiger partial charge in [0.1, 0.15) is 5.70 Å². The predicted molar refractivity (Wildman–Crippen MR) is 78.9 cm³/mol. The number of nitrogens with one attached hydrogen (secondary N) is 1. The van der Waals surface area contributed by atoms with Crippen LogP contribution in [0.4, 0.5) is 5.69 Å². The summed E-state index contributed by atoms with van der Waals surface area (Å²) in [5.74, 6) is -1.57. The van der Waals surface area contributed by atoms with E-state index in [0.717, 1.165) is 24.3 Å². The third-order valence-electron chi connectivity index (χ3n) is 3.12. The highest BCUT2D eigenvalue weighted by molar-refractivity contribution is 5.96. The Morgan fingerprint density at radius 1 is 1.24 bits per heavy atom. The average molecular weight is 290 g/mol. The molecule has 1 aromatic rings. The molecule has 0 bridgehead atoms. The molecule has 6 heteroatoms. The van der Waals surface area contributed by atoms with Gasteiger partial charge in [0.05, 0.1) is 13.2 Å². The van der Waals surface area contributed by atoms with Crippen LogP contribution in [0.5, 0.6) is 0 Å². The summed E-state index contributed by atoms with van der Waals surface area (Å²) in [4.78, 5) is 24.2. The first-order chi connectivity index (χ1) is 10.1. The number of carbonyl (C=O) groups excluding carboxylic acids is 1. The number of hydrogen-bond donors (Lipinski definition) is 2. The van der Waals surface area contributed by atoms with Crippen molar-refractivity contribution in [2.45, 2.75) is 6.92 Å². The number of ether oxygens (including phenoxy) is 1. The van der Waals surface area contributed by atoms with Gasteiger partial charge in [-0.1, -0.05) is 12.1 Å². The lowest BCUT2D eigenvalue weighted by molar-refractivity contribution is -0.134. The van der Waals surface area contributed by atoms with Crippen molar-refractivity contribution >= 4 is 23.6 Å². The first-order valence-electron chi connectivity index (χ1n) is 6.71. The molecule has 6 nitrogen and oxygen atoms in total. The molecule has 0 aromatic heterocycles. The number of benzene rings is 1. The minimum Gasteiger partial charge on any atom is -0.477 e. The summed E-state index contributed by atoms with van der Waals surface area (Å²) in [6.45, 7) is 4.40. The highest BCUT2D eigenvalue weighted by atomic mass is 16.5. The van der Waals surface area contributed by atoms with E-state index in [-0.39, 0.29) is 5.70 Å². The molecule has 1 heterocycles. The minimum absolute atomic E-state index is 0.137. The van der Waals surface area contributed by atoms with E-state index in [0.29, 0.717) is 13.2 Å². The number of amides is 1. The van der Waals surface area contributed by atoms with Crippen molar-refractivity contribution in [1.82, 2.24) is 5.32 Å². The second-order valence-electron chi connectivity index (χ2n) is 4.74. The Hall–Kier alpha value is -2.34. The SMILES string of the molecule is CC(=O)N/C(=C/c1ccc(N2CCOCC2)cc1)C(=O)O. The molecule has 2 N–H and O–H groups in total. The lowest BCUT2D eigenvalue weighted by atomic mass is 10.1. The quantitative estimate of drug-likeness (QED) is 0.811. The third-order valence-corrected chi connectivity index (χ3v) is 3.12. The van der Waals surface area contributed by atoms with Crippen molar-refractivity contribution in [2.24, 2.45) is 0 Å². The van der Waals surface area contributed by atoms with Crippen LogP contribution in [0.25, 0.3) is 6.08 Å². The standard InChI is InChI=1S/C15H18N2O4/c1-11(18)16-14(15(19)20)10-12-2-4-13(5-3-12)17-6-8-21-9-7-17/h2-5,10H,6-9H2,1H3,(H,16,18)(H,19,20)/b14-10+. The van der Waals surface area contributed by atoms with E-state index in [2.05, 4.69) is 10.2 Å². The number of carboxylic acids is 1. The van der Waals surface area contributed by atoms with Gasteiger partial charge in [0.15, 0.2) is 0 Å². The smallest absolute Gasteiger partial charge is 0.352 e. The topological polar surface area (TPSA) is 78.9 Å². The molecule has 1 aliphatic rings. The number of carbonyl (C=O) groups is 2. The maximum absolute atomic E-state index is 11.0. The van der Waals surface area contributed by atoms with Crippen molar-refractivity contribution < 1.29 is 19.4 Å². The van der Waals surface area contributed by atoms with Gasteiger partial charge >= 0.3 is 5.97 Å². The van der Waals surface area contributed by atoms with Crippen LogP contribution in [-0.2, 0) is 14.3 Å². The molecule has 21 heavy (non-hydrogen) atoms. The Morgan fingerprint density at radius 3 is 2.38 bits per heavy atom. The fourth-order valence-electron chi connectivity index (χ4n) is 2.11. The molecule has 112 valence electrons. The van der Waals surface area contributed by atoms with Gasteiger partial charge in [-0.05, 0) is 23.8 Å². The van der Waals surface area contributed by atoms with E-state index in [9.17, 15) is 9.59 Å². The van der Waals surface area contributed by atoms with Crippen molar-refractivity contribution in [1.29, 1.82) is 0 Å². The van der Waals surface area contributed by atoms with Crippen LogP contribution in [0.3, 0.4) is 0 Å². The molecule has 1 amide bonds. The maximum atomic E-state index is 11.0. The molecule has 0 saturated carbocycles. The molecule has 2 rings (SSSR count). The van der Waals surface area contributed by atoms with Gasteiger partial charge in [0.2, 0.25) is 5.91 Å². The third kappa shape index (κ3) is 4.32. The summed E-state index contributed by atoms with van der Waals surface area (Å²) in [5.41, 5.74) is 1.66. The summed E-state index contributed by atoms with van der Waals surface area (Å²) in [5, 5.41) is 11.3. The summed E-state index contributed by atoms with van der Waals surface area (Å²) in [7, 11) is 0. The molecule has 0 radical (unpaired) electrons. The van der Waals surface area contributed by atoms with E-state index in [1.165, 1.54) is 13.0 Å². The van der Waals surface area contributed by atoms with Crippen LogP contribution < -0.4 is 10.2 Å². The van der Waals surface area contributed by atoms with E-state index in [1.54, 1.807) is 0 Å².